The van der Waals surface area contributed by atoms with Gasteiger partial charge in [0.1, 0.15) is 0 Å². The molecule has 0 aromatic heterocycles. The Balaban J connectivity index is 2.68. The maximum absolute atomic E-state index is 12.2. The molecule has 1 aromatic rings. The van der Waals surface area contributed by atoms with Crippen LogP contribution in [0.5, 0.6) is 0 Å². The van der Waals surface area contributed by atoms with E-state index in [-0.39, 0.29) is 10.6 Å². The van der Waals surface area contributed by atoms with E-state index in [0.717, 1.165) is 6.26 Å². The third-order valence-electron chi connectivity index (χ3n) is 2.67. The summed E-state index contributed by atoms with van der Waals surface area (Å²) in [6.07, 6.45) is 0.849. The number of amides is 3. The Labute approximate surface area is 108 Å². The lowest BCUT2D eigenvalue weighted by molar-refractivity contribution is -0.128. The minimum absolute atomic E-state index is 0.106. The predicted octanol–water partition coefficient (Wildman–Crippen LogP) is 0.172. The van der Waals surface area contributed by atoms with Gasteiger partial charge in [-0.1, -0.05) is 35.6 Å². The zero-order valence-corrected chi connectivity index (χ0v) is 10.7. The average molecular weight is 282 g/mol. The Morgan fingerprint density at radius 1 is 1.32 bits per heavy atom. The smallest absolute Gasteiger partial charge is 0.344 e. The highest BCUT2D eigenvalue weighted by Crippen LogP contribution is 2.38. The number of benzene rings is 1. The minimum Gasteiger partial charge on any atom is -0.350 e. The topological polar surface area (TPSA) is 122 Å². The zero-order chi connectivity index (χ0) is 14.3. The summed E-state index contributed by atoms with van der Waals surface area (Å²) in [7, 11) is -3.99. The molecule has 0 fully saturated rings. The van der Waals surface area contributed by atoms with E-state index in [0.29, 0.717) is 0 Å². The van der Waals surface area contributed by atoms with Gasteiger partial charge in [0, 0.05) is 11.8 Å². The van der Waals surface area contributed by atoms with Crippen molar-refractivity contribution in [3.05, 3.63) is 35.9 Å². The first-order valence-corrected chi connectivity index (χ1v) is 7.02. The monoisotopic (exact) mass is 282 g/mol. The van der Waals surface area contributed by atoms with Crippen molar-refractivity contribution in [2.75, 3.05) is 6.26 Å². The summed E-state index contributed by atoms with van der Waals surface area (Å²) >= 11 is 0. The summed E-state index contributed by atoms with van der Waals surface area (Å²) in [5, 5.41) is 7.02. The molecule has 1 unspecified atom stereocenters. The molecule has 0 saturated carbocycles. The van der Waals surface area contributed by atoms with E-state index in [1.54, 1.807) is 18.2 Å². The molecule has 1 aliphatic rings. The predicted molar refractivity (Wildman–Crippen MR) is 64.2 cm³/mol. The Morgan fingerprint density at radius 3 is 2.32 bits per heavy atom. The van der Waals surface area contributed by atoms with Crippen molar-refractivity contribution in [3.63, 3.8) is 0 Å². The molecule has 0 spiro atoms. The largest absolute Gasteiger partial charge is 0.350 e. The number of sulfone groups is 1. The number of nitrogens with two attached hydrogens (primary N) is 1. The number of carbonyl (C=O) groups is 2. The van der Waals surface area contributed by atoms with Gasteiger partial charge in [-0.25, -0.2) is 13.2 Å². The van der Waals surface area contributed by atoms with Crippen LogP contribution in [0.3, 0.4) is 0 Å². The Kier molecular flexibility index (Phi) is 2.85. The number of primary amides is 1. The number of hydrogen-bond donors (Lipinski definition) is 1. The first kappa shape index (κ1) is 13.1. The summed E-state index contributed by atoms with van der Waals surface area (Å²) in [4.78, 5) is 21.0. The van der Waals surface area contributed by atoms with Crippen LogP contribution in [0.1, 0.15) is 5.56 Å². The third kappa shape index (κ3) is 1.78. The van der Waals surface area contributed by atoms with Gasteiger partial charge in [-0.05, 0) is 0 Å². The van der Waals surface area contributed by atoms with Gasteiger partial charge in [-0.3, -0.25) is 4.79 Å². The summed E-state index contributed by atoms with van der Waals surface area (Å²) < 4.78 is 24.0. The van der Waals surface area contributed by atoms with Gasteiger partial charge in [0.2, 0.25) is 0 Å². The van der Waals surface area contributed by atoms with E-state index in [4.69, 9.17) is 5.73 Å². The van der Waals surface area contributed by atoms with Crippen LogP contribution >= 0.6 is 0 Å². The van der Waals surface area contributed by atoms with Crippen LogP contribution in [0.4, 0.5) is 4.79 Å². The fourth-order valence-electron chi connectivity index (χ4n) is 1.77. The number of rotatable bonds is 2. The van der Waals surface area contributed by atoms with Gasteiger partial charge >= 0.3 is 11.9 Å². The van der Waals surface area contributed by atoms with Gasteiger partial charge < -0.3 is 5.73 Å². The fraction of sp³-hybridized carbons (Fsp3) is 0.200. The number of hydrogen-bond acceptors (Lipinski definition) is 6. The van der Waals surface area contributed by atoms with Crippen LogP contribution in [0, 0.1) is 0 Å². The van der Waals surface area contributed by atoms with E-state index in [9.17, 15) is 18.0 Å². The van der Waals surface area contributed by atoms with Crippen molar-refractivity contribution < 1.29 is 18.0 Å². The lowest BCUT2D eigenvalue weighted by atomic mass is 10.1. The van der Waals surface area contributed by atoms with Crippen molar-refractivity contribution in [1.82, 2.24) is 5.01 Å². The molecule has 1 heterocycles. The molecule has 19 heavy (non-hydrogen) atoms. The first-order valence-electron chi connectivity index (χ1n) is 5.12. The van der Waals surface area contributed by atoms with Crippen LogP contribution in [-0.2, 0) is 19.5 Å². The molecule has 2 rings (SSSR count). The van der Waals surface area contributed by atoms with Crippen LogP contribution in [-0.4, -0.2) is 31.6 Å². The molecule has 0 saturated heterocycles. The minimum atomic E-state index is -3.99. The highest BCUT2D eigenvalue weighted by molar-refractivity contribution is 7.92. The second-order valence-electron chi connectivity index (χ2n) is 3.93. The van der Waals surface area contributed by atoms with Crippen molar-refractivity contribution in [2.45, 2.75) is 4.87 Å². The molecule has 0 aliphatic carbocycles. The van der Waals surface area contributed by atoms with Crippen molar-refractivity contribution in [3.8, 4) is 0 Å². The highest BCUT2D eigenvalue weighted by atomic mass is 32.2. The molecule has 1 aromatic carbocycles. The molecular formula is C10H10N4O4S. The number of urea groups is 1. The molecule has 1 atom stereocenters. The van der Waals surface area contributed by atoms with E-state index < -0.39 is 26.6 Å². The van der Waals surface area contributed by atoms with Gasteiger partial charge in [-0.15, -0.1) is 10.1 Å². The second-order valence-corrected chi connectivity index (χ2v) is 6.06. The summed E-state index contributed by atoms with van der Waals surface area (Å²) in [6, 6.07) is 6.42. The van der Waals surface area contributed by atoms with Crippen LogP contribution < -0.4 is 5.73 Å². The van der Waals surface area contributed by atoms with Gasteiger partial charge in [0.15, 0.2) is 9.84 Å². The quantitative estimate of drug-likeness (QED) is 0.830. The molecule has 0 bridgehead atoms. The van der Waals surface area contributed by atoms with Gasteiger partial charge in [-0.2, -0.15) is 0 Å². The van der Waals surface area contributed by atoms with E-state index in [1.165, 1.54) is 12.1 Å². The van der Waals surface area contributed by atoms with Crippen molar-refractivity contribution >= 4 is 21.8 Å². The third-order valence-corrected chi connectivity index (χ3v) is 4.23. The maximum atomic E-state index is 12.2. The van der Waals surface area contributed by atoms with E-state index in [2.05, 4.69) is 10.3 Å². The van der Waals surface area contributed by atoms with Crippen LogP contribution in [0.2, 0.25) is 0 Å². The van der Waals surface area contributed by atoms with Crippen molar-refractivity contribution in [1.29, 1.82) is 0 Å². The fourth-order valence-corrected chi connectivity index (χ4v) is 2.92. The molecule has 100 valence electrons. The lowest BCUT2D eigenvalue weighted by Crippen LogP contribution is -2.47. The molecule has 8 nitrogen and oxygen atoms in total. The summed E-state index contributed by atoms with van der Waals surface area (Å²) in [6.45, 7) is 0. The molecule has 2 N–H and O–H groups in total. The summed E-state index contributed by atoms with van der Waals surface area (Å²) in [5.41, 5.74) is 5.05. The molecule has 9 heteroatoms. The molecule has 1 aliphatic heterocycles. The molecule has 3 amide bonds. The van der Waals surface area contributed by atoms with Crippen molar-refractivity contribution in [2.24, 2.45) is 16.1 Å². The number of imide groups is 1. The average Bonchev–Trinajstić information content (AvgIpc) is 2.68. The Morgan fingerprint density at radius 2 is 1.89 bits per heavy atom. The molecule has 0 radical (unpaired) electrons. The summed E-state index contributed by atoms with van der Waals surface area (Å²) in [5.74, 6) is -1.10. The highest BCUT2D eigenvalue weighted by Gasteiger charge is 2.58. The van der Waals surface area contributed by atoms with Crippen LogP contribution in [0.15, 0.2) is 40.7 Å². The SMILES string of the molecule is CS(=O)(=O)C1(c2ccccc2)N=NN(C(N)=O)C1=O. The molecular weight excluding hydrogens is 272 g/mol. The lowest BCUT2D eigenvalue weighted by Gasteiger charge is -2.21. The Hall–Kier alpha value is -2.29. The van der Waals surface area contributed by atoms with Gasteiger partial charge in [0.05, 0.1) is 0 Å². The number of nitrogens with zero attached hydrogens (tertiary/aromatic N) is 3. The Bertz CT molecular complexity index is 670. The maximum Gasteiger partial charge on any atom is 0.344 e. The zero-order valence-electron chi connectivity index (χ0n) is 9.85. The standard InChI is InChI=1S/C10H10N4O4S/c1-19(17,18)10(7-5-3-2-4-6-7)8(15)14(9(11)16)13-12-10/h2-6H,1H3,(H2,11,16). The normalized spacial score (nSPS) is 22.8. The van der Waals surface area contributed by atoms with E-state index in [1.807, 2.05) is 0 Å². The first-order chi connectivity index (χ1) is 8.80. The second kappa shape index (κ2) is 4.12. The number of carbonyl (C=O) groups excluding carboxylic acids is 2. The van der Waals surface area contributed by atoms with Crippen LogP contribution in [0.25, 0.3) is 0 Å². The van der Waals surface area contributed by atoms with Gasteiger partial charge in [0.25, 0.3) is 4.87 Å². The van der Waals surface area contributed by atoms with E-state index >= 15 is 0 Å².